The molecule has 28 heavy (non-hydrogen) atoms. The van der Waals surface area contributed by atoms with Crippen molar-refractivity contribution in [3.8, 4) is 17.3 Å². The molecule has 2 aromatic heterocycles. The molecule has 1 atom stereocenters. The van der Waals surface area contributed by atoms with Gasteiger partial charge in [0.1, 0.15) is 22.3 Å². The highest BCUT2D eigenvalue weighted by Crippen LogP contribution is 2.22. The van der Waals surface area contributed by atoms with Crippen molar-refractivity contribution in [2.24, 2.45) is 0 Å². The van der Waals surface area contributed by atoms with E-state index in [2.05, 4.69) is 15.1 Å². The Labute approximate surface area is 177 Å². The molecule has 0 fully saturated rings. The molecular weight excluding hydrogens is 472 g/mol. The predicted octanol–water partition coefficient (Wildman–Crippen LogP) is 1.12. The first-order chi connectivity index (χ1) is 13.2. The van der Waals surface area contributed by atoms with E-state index in [0.717, 1.165) is 5.56 Å². The van der Waals surface area contributed by atoms with Gasteiger partial charge in [-0.15, -0.1) is 0 Å². The van der Waals surface area contributed by atoms with Gasteiger partial charge in [-0.2, -0.15) is 5.10 Å². The van der Waals surface area contributed by atoms with Gasteiger partial charge in [0.05, 0.1) is 5.69 Å². The van der Waals surface area contributed by atoms with Gasteiger partial charge < -0.3 is 4.74 Å². The molecule has 0 saturated heterocycles. The predicted molar refractivity (Wildman–Crippen MR) is 119 cm³/mol. The van der Waals surface area contributed by atoms with E-state index in [-0.39, 0.29) is 18.2 Å². The third kappa shape index (κ3) is 4.78. The Morgan fingerprint density at radius 3 is 2.39 bits per heavy atom. The zero-order valence-electron chi connectivity index (χ0n) is 15.8. The van der Waals surface area contributed by atoms with Crippen LogP contribution in [-0.4, -0.2) is 45.7 Å². The molecule has 6 nitrogen and oxygen atoms in total. The molecule has 3 aromatic rings. The molecule has 0 aliphatic rings. The third-order valence-electron chi connectivity index (χ3n) is 4.19. The van der Waals surface area contributed by atoms with E-state index >= 15 is 0 Å². The number of halogens is 2. The van der Waals surface area contributed by atoms with Gasteiger partial charge in [0.15, 0.2) is 3.68 Å². The van der Waals surface area contributed by atoms with Crippen LogP contribution in [0.1, 0.15) is 12.5 Å². The molecule has 10 heteroatoms. The fourth-order valence-corrected chi connectivity index (χ4v) is 2.80. The summed E-state index contributed by atoms with van der Waals surface area (Å²) in [4.78, 5) is 20.7. The van der Waals surface area contributed by atoms with Crippen LogP contribution >= 0.6 is 22.6 Å². The molecule has 0 saturated carbocycles. The second-order valence-corrected chi connectivity index (χ2v) is 9.26. The first kappa shape index (κ1) is 20.5. The Kier molecular flexibility index (Phi) is 5.87. The van der Waals surface area contributed by atoms with E-state index in [1.165, 1.54) is 30.1 Å². The number of rotatable bonds is 6. The quantitative estimate of drug-likeness (QED) is 0.295. The van der Waals surface area contributed by atoms with Crippen molar-refractivity contribution in [3.05, 3.63) is 70.8 Å². The van der Waals surface area contributed by atoms with Gasteiger partial charge in [-0.25, -0.2) is 19.0 Å². The number of hydrogen-bond acceptors (Lipinski definition) is 5. The number of alkyl halides is 2. The first-order valence-corrected chi connectivity index (χ1v) is 9.74. The normalized spacial score (nSPS) is 13.7. The molecule has 0 bridgehead atoms. The third-order valence-corrected chi connectivity index (χ3v) is 4.50. The molecule has 0 N–H and O–H groups in total. The minimum absolute atomic E-state index is 0.0854. The largest absolute Gasteiger partial charge is 0.459 e. The summed E-state index contributed by atoms with van der Waals surface area (Å²) in [6, 6.07) is 12.9. The monoisotopic (exact) mass is 490 g/mol. The first-order valence-electron chi connectivity index (χ1n) is 8.66. The van der Waals surface area contributed by atoms with Crippen molar-refractivity contribution in [2.45, 2.75) is 15.9 Å². The smallest absolute Gasteiger partial charge is 0.316 e. The highest BCUT2D eigenvalue weighted by Gasteiger charge is 2.25. The van der Waals surface area contributed by atoms with E-state index in [9.17, 15) is 9.18 Å². The van der Waals surface area contributed by atoms with Crippen molar-refractivity contribution < 1.29 is 9.13 Å². The Balaban J connectivity index is 1.90. The second kappa shape index (κ2) is 8.02. The highest BCUT2D eigenvalue weighted by atomic mass is 127. The molecule has 0 radical (unpaired) electrons. The van der Waals surface area contributed by atoms with Crippen LogP contribution in [0.2, 0.25) is 0 Å². The maximum absolute atomic E-state index is 13.5. The Morgan fingerprint density at radius 1 is 1.14 bits per heavy atom. The maximum atomic E-state index is 13.5. The van der Waals surface area contributed by atoms with Gasteiger partial charge in [0, 0.05) is 29.4 Å². The van der Waals surface area contributed by atoms with Gasteiger partial charge >= 0.3 is 6.01 Å². The topological polar surface area (TPSA) is 69.9 Å². The van der Waals surface area contributed by atoms with E-state index in [0.29, 0.717) is 11.3 Å². The molecular formula is C18H18B2FIN4O2. The lowest BCUT2D eigenvalue weighted by Crippen LogP contribution is -2.44. The number of benzene rings is 1. The summed E-state index contributed by atoms with van der Waals surface area (Å²) in [7, 11) is 3.87. The van der Waals surface area contributed by atoms with E-state index in [1.807, 2.05) is 46.0 Å². The van der Waals surface area contributed by atoms with E-state index in [1.54, 1.807) is 28.7 Å². The molecule has 0 aliphatic carbocycles. The van der Waals surface area contributed by atoms with Gasteiger partial charge in [-0.1, -0.05) is 30.3 Å². The Bertz CT molecular complexity index is 1010. The molecule has 1 unspecified atom stereocenters. The minimum atomic E-state index is -1.50. The minimum Gasteiger partial charge on any atom is -0.459 e. The molecule has 0 amide bonds. The summed E-state index contributed by atoms with van der Waals surface area (Å²) >= 11 is 1.65. The number of hydrogen-bond donors (Lipinski definition) is 0. The number of ether oxygens (including phenoxy) is 1. The van der Waals surface area contributed by atoms with Gasteiger partial charge in [0.2, 0.25) is 0 Å². The summed E-state index contributed by atoms with van der Waals surface area (Å²) in [5.74, 6) is 0. The van der Waals surface area contributed by atoms with Crippen LogP contribution in [0, 0.1) is 0 Å². The summed E-state index contributed by atoms with van der Waals surface area (Å²) in [6.07, 6.45) is 3.08. The summed E-state index contributed by atoms with van der Waals surface area (Å²) in [5, 5.41) is 3.89. The van der Waals surface area contributed by atoms with Crippen LogP contribution in [-0.2, 0) is 5.34 Å². The number of nitrogens with zero attached hydrogens (tertiary/aromatic N) is 4. The second-order valence-electron chi connectivity index (χ2n) is 7.01. The maximum Gasteiger partial charge on any atom is 0.316 e. The summed E-state index contributed by atoms with van der Waals surface area (Å²) in [5.41, 5.74) is 1.94. The van der Waals surface area contributed by atoms with Crippen LogP contribution in [0.5, 0.6) is 6.01 Å². The number of aromatic nitrogens is 4. The Morgan fingerprint density at radius 2 is 1.79 bits per heavy atom. The van der Waals surface area contributed by atoms with Gasteiger partial charge in [0.25, 0.3) is 5.56 Å². The van der Waals surface area contributed by atoms with Crippen LogP contribution in [0.15, 0.2) is 59.7 Å². The van der Waals surface area contributed by atoms with Gasteiger partial charge in [-0.05, 0) is 41.1 Å². The Hall–Kier alpha value is -2.23. The van der Waals surface area contributed by atoms with Crippen LogP contribution in [0.25, 0.3) is 11.3 Å². The average Bonchev–Trinajstić information content (AvgIpc) is 2.67. The molecule has 3 rings (SSSR count). The van der Waals surface area contributed by atoms with Crippen molar-refractivity contribution in [1.29, 1.82) is 0 Å². The fourth-order valence-electron chi connectivity index (χ4n) is 2.65. The lowest BCUT2D eigenvalue weighted by atomic mass is 9.58. The van der Waals surface area contributed by atoms with Crippen LogP contribution < -0.4 is 10.3 Å². The lowest BCUT2D eigenvalue weighted by molar-refractivity contribution is 0.185. The standard InChI is InChI=1S/C18H18B2FIN4O2/c1-17(21,22)11-28-16-23-9-12(10-24-16)14-7-8-15(27)26(25-14)18(19,20)13-5-3-2-4-6-13/h2-10H,11,19-20H2,1H3. The fraction of sp³-hybridized carbons (Fsp3) is 0.222. The SMILES string of the molecule is BC(B)(c1ccccc1)n1nc(-c2cnc(OCC(C)(F)I)nc2)ccc1=O. The van der Waals surface area contributed by atoms with Crippen molar-refractivity contribution in [3.63, 3.8) is 0 Å². The van der Waals surface area contributed by atoms with Crippen LogP contribution in [0.3, 0.4) is 0 Å². The highest BCUT2D eigenvalue weighted by molar-refractivity contribution is 14.1. The molecule has 2 heterocycles. The molecule has 142 valence electrons. The van der Waals surface area contributed by atoms with E-state index in [4.69, 9.17) is 4.74 Å². The van der Waals surface area contributed by atoms with Gasteiger partial charge in [-0.3, -0.25) is 4.79 Å². The molecule has 1 aromatic carbocycles. The van der Waals surface area contributed by atoms with E-state index < -0.39 is 9.01 Å². The van der Waals surface area contributed by atoms with Crippen LogP contribution in [0.4, 0.5) is 4.39 Å². The van der Waals surface area contributed by atoms with Crippen molar-refractivity contribution >= 4 is 38.3 Å². The van der Waals surface area contributed by atoms with Crippen molar-refractivity contribution in [2.75, 3.05) is 6.61 Å². The average molecular weight is 490 g/mol. The van der Waals surface area contributed by atoms with Crippen molar-refractivity contribution in [1.82, 2.24) is 19.7 Å². The summed E-state index contributed by atoms with van der Waals surface area (Å²) < 4.78 is 18.7. The molecule has 0 aliphatic heterocycles. The summed E-state index contributed by atoms with van der Waals surface area (Å²) in [6.45, 7) is 1.25. The zero-order chi connectivity index (χ0) is 20.4. The molecule has 0 spiro atoms. The zero-order valence-corrected chi connectivity index (χ0v) is 17.9. The lowest BCUT2D eigenvalue weighted by Gasteiger charge is -2.27.